The van der Waals surface area contributed by atoms with E-state index >= 15 is 0 Å². The van der Waals surface area contributed by atoms with E-state index in [4.69, 9.17) is 5.10 Å². The van der Waals surface area contributed by atoms with Crippen LogP contribution in [-0.2, 0) is 13.0 Å². The minimum Gasteiger partial charge on any atom is -0.322 e. The number of nitrogens with zero attached hydrogens (tertiary/aromatic N) is 6. The van der Waals surface area contributed by atoms with Gasteiger partial charge in [0.25, 0.3) is 5.91 Å². The van der Waals surface area contributed by atoms with Gasteiger partial charge >= 0.3 is 0 Å². The summed E-state index contributed by atoms with van der Waals surface area (Å²) in [6, 6.07) is 11.9. The SMILES string of the molecule is CCCCCc1ccc2ncc(C#Cc3cncc(C(=O)Nc4ccc(CN5CCN(C)CC5)c(C)c4)c3)n2n1. The number of aryl methyl sites for hydroxylation is 2. The number of unbranched alkanes of at least 4 members (excludes halogenated alkanes) is 2. The van der Waals surface area contributed by atoms with Crippen LogP contribution in [0.1, 0.15) is 64.6 Å². The Morgan fingerprint density at radius 2 is 1.85 bits per heavy atom. The summed E-state index contributed by atoms with van der Waals surface area (Å²) in [5.41, 5.74) is 6.84. The first-order valence-corrected chi connectivity index (χ1v) is 14.1. The first-order valence-electron chi connectivity index (χ1n) is 14.1. The number of aromatic nitrogens is 4. The van der Waals surface area contributed by atoms with Crippen molar-refractivity contribution in [1.29, 1.82) is 0 Å². The number of piperazine rings is 1. The third-order valence-corrected chi connectivity index (χ3v) is 7.38. The lowest BCUT2D eigenvalue weighted by Crippen LogP contribution is -2.43. The monoisotopic (exact) mass is 535 g/mol. The Balaban J connectivity index is 1.25. The van der Waals surface area contributed by atoms with Gasteiger partial charge in [-0.25, -0.2) is 9.50 Å². The Labute approximate surface area is 236 Å². The van der Waals surface area contributed by atoms with Crippen LogP contribution in [0.3, 0.4) is 0 Å². The molecule has 8 heteroatoms. The summed E-state index contributed by atoms with van der Waals surface area (Å²) in [4.78, 5) is 26.5. The number of nitrogens with one attached hydrogen (secondary N) is 1. The molecule has 1 aliphatic heterocycles. The van der Waals surface area contributed by atoms with Crippen molar-refractivity contribution in [2.45, 2.75) is 46.1 Å². The summed E-state index contributed by atoms with van der Waals surface area (Å²) >= 11 is 0. The molecule has 4 heterocycles. The molecule has 0 atom stereocenters. The van der Waals surface area contributed by atoms with Gasteiger partial charge in [-0.3, -0.25) is 14.7 Å². The average Bonchev–Trinajstić information content (AvgIpc) is 3.37. The smallest absolute Gasteiger partial charge is 0.257 e. The zero-order chi connectivity index (χ0) is 27.9. The lowest BCUT2D eigenvalue weighted by molar-refractivity contribution is 0.102. The number of pyridine rings is 1. The van der Waals surface area contributed by atoms with Gasteiger partial charge < -0.3 is 10.2 Å². The number of amides is 1. The quantitative estimate of drug-likeness (QED) is 0.263. The zero-order valence-electron chi connectivity index (χ0n) is 23.7. The number of carbonyl (C=O) groups excluding carboxylic acids is 1. The van der Waals surface area contributed by atoms with Crippen molar-refractivity contribution >= 4 is 17.2 Å². The molecule has 1 amide bonds. The summed E-state index contributed by atoms with van der Waals surface area (Å²) in [7, 11) is 2.17. The number of carbonyl (C=O) groups is 1. The van der Waals surface area contributed by atoms with Crippen molar-refractivity contribution in [3.05, 3.63) is 88.6 Å². The van der Waals surface area contributed by atoms with Crippen molar-refractivity contribution in [3.8, 4) is 11.8 Å². The Hall–Kier alpha value is -4.06. The molecule has 0 spiro atoms. The van der Waals surface area contributed by atoms with Crippen LogP contribution in [0.15, 0.2) is 55.0 Å². The first-order chi connectivity index (χ1) is 19.5. The van der Waals surface area contributed by atoms with E-state index in [2.05, 4.69) is 63.9 Å². The number of anilines is 1. The van der Waals surface area contributed by atoms with Crippen LogP contribution in [-0.4, -0.2) is 68.5 Å². The van der Waals surface area contributed by atoms with Crippen LogP contribution in [0.4, 0.5) is 5.69 Å². The van der Waals surface area contributed by atoms with Crippen molar-refractivity contribution in [3.63, 3.8) is 0 Å². The lowest BCUT2D eigenvalue weighted by atomic mass is 10.1. The van der Waals surface area contributed by atoms with Gasteiger partial charge in [0.05, 0.1) is 17.5 Å². The van der Waals surface area contributed by atoms with E-state index in [0.717, 1.165) is 62.6 Å². The second-order valence-electron chi connectivity index (χ2n) is 10.6. The van der Waals surface area contributed by atoms with E-state index in [9.17, 15) is 4.79 Å². The number of imidazole rings is 1. The molecule has 4 aromatic rings. The molecule has 206 valence electrons. The molecule has 1 saturated heterocycles. The normalized spacial score (nSPS) is 14.2. The molecule has 40 heavy (non-hydrogen) atoms. The predicted molar refractivity (Wildman–Crippen MR) is 158 cm³/mol. The van der Waals surface area contributed by atoms with E-state index in [1.165, 1.54) is 24.0 Å². The van der Waals surface area contributed by atoms with Crippen LogP contribution < -0.4 is 5.32 Å². The predicted octanol–water partition coefficient (Wildman–Crippen LogP) is 4.56. The molecule has 0 unspecified atom stereocenters. The number of benzene rings is 1. The summed E-state index contributed by atoms with van der Waals surface area (Å²) in [6.45, 7) is 9.58. The van der Waals surface area contributed by atoms with Gasteiger partial charge in [0.15, 0.2) is 5.65 Å². The van der Waals surface area contributed by atoms with Crippen molar-refractivity contribution < 1.29 is 4.79 Å². The van der Waals surface area contributed by atoms with Crippen LogP contribution in [0.25, 0.3) is 5.65 Å². The highest BCUT2D eigenvalue weighted by molar-refractivity contribution is 6.04. The molecule has 1 aromatic carbocycles. The largest absolute Gasteiger partial charge is 0.322 e. The van der Waals surface area contributed by atoms with E-state index in [-0.39, 0.29) is 5.91 Å². The number of fused-ring (bicyclic) bond motifs is 1. The van der Waals surface area contributed by atoms with Crippen molar-refractivity contribution in [2.75, 3.05) is 38.5 Å². The summed E-state index contributed by atoms with van der Waals surface area (Å²) < 4.78 is 1.79. The van der Waals surface area contributed by atoms with E-state index in [1.54, 1.807) is 29.2 Å². The maximum atomic E-state index is 13.0. The fourth-order valence-electron chi connectivity index (χ4n) is 4.86. The Bertz CT molecular complexity index is 1540. The van der Waals surface area contributed by atoms with E-state index < -0.39 is 0 Å². The van der Waals surface area contributed by atoms with Crippen LogP contribution >= 0.6 is 0 Å². The van der Waals surface area contributed by atoms with Crippen LogP contribution in [0.5, 0.6) is 0 Å². The Kier molecular flexibility index (Phi) is 8.84. The fraction of sp³-hybridized carbons (Fsp3) is 0.375. The molecule has 0 bridgehead atoms. The number of hydrogen-bond acceptors (Lipinski definition) is 6. The highest BCUT2D eigenvalue weighted by Crippen LogP contribution is 2.19. The van der Waals surface area contributed by atoms with Gasteiger partial charge in [0.2, 0.25) is 0 Å². The first kappa shape index (κ1) is 27.5. The highest BCUT2D eigenvalue weighted by atomic mass is 16.1. The molecule has 5 rings (SSSR count). The molecule has 1 N–H and O–H groups in total. The maximum Gasteiger partial charge on any atom is 0.257 e. The topological polar surface area (TPSA) is 78.7 Å². The maximum absolute atomic E-state index is 13.0. The minimum atomic E-state index is -0.212. The van der Waals surface area contributed by atoms with Gasteiger partial charge in [-0.1, -0.05) is 31.8 Å². The third-order valence-electron chi connectivity index (χ3n) is 7.38. The van der Waals surface area contributed by atoms with Gasteiger partial charge in [-0.15, -0.1) is 0 Å². The minimum absolute atomic E-state index is 0.212. The number of rotatable bonds is 8. The molecule has 1 fully saturated rings. The van der Waals surface area contributed by atoms with Gasteiger partial charge in [0, 0.05) is 56.4 Å². The molecular weight excluding hydrogens is 498 g/mol. The molecule has 8 nitrogen and oxygen atoms in total. The Morgan fingerprint density at radius 1 is 1.00 bits per heavy atom. The zero-order valence-corrected chi connectivity index (χ0v) is 23.7. The summed E-state index contributed by atoms with van der Waals surface area (Å²) in [5.74, 6) is 6.07. The van der Waals surface area contributed by atoms with Crippen LogP contribution in [0, 0.1) is 18.8 Å². The van der Waals surface area contributed by atoms with Crippen molar-refractivity contribution in [1.82, 2.24) is 29.4 Å². The van der Waals surface area contributed by atoms with Gasteiger partial charge in [0.1, 0.15) is 5.69 Å². The molecule has 0 saturated carbocycles. The van der Waals surface area contributed by atoms with Gasteiger partial charge in [-0.05, 0) is 74.2 Å². The number of likely N-dealkylation sites (N-methyl/N-ethyl adjacent to an activating group) is 1. The molecule has 3 aromatic heterocycles. The van der Waals surface area contributed by atoms with Crippen LogP contribution in [0.2, 0.25) is 0 Å². The standard InChI is InChI=1S/C32H37N7O/c1-4-5-6-7-28-11-13-31-34-22-30(39(31)36-28)12-8-25-19-27(21-33-20-25)32(40)35-29-10-9-26(24(2)18-29)23-38-16-14-37(3)15-17-38/h9-11,13,18-22H,4-7,14-17,23H2,1-3H3,(H,35,40). The van der Waals surface area contributed by atoms with Crippen molar-refractivity contribution in [2.24, 2.45) is 0 Å². The molecule has 0 radical (unpaired) electrons. The number of hydrogen-bond donors (Lipinski definition) is 1. The second-order valence-corrected chi connectivity index (χ2v) is 10.6. The van der Waals surface area contributed by atoms with E-state index in [0.29, 0.717) is 16.8 Å². The Morgan fingerprint density at radius 3 is 2.65 bits per heavy atom. The molecular formula is C32H37N7O. The third kappa shape index (κ3) is 6.92. The van der Waals surface area contributed by atoms with E-state index in [1.807, 2.05) is 24.3 Å². The van der Waals surface area contributed by atoms with Gasteiger partial charge in [-0.2, -0.15) is 5.10 Å². The molecule has 0 aliphatic carbocycles. The summed E-state index contributed by atoms with van der Waals surface area (Å²) in [6.07, 6.45) is 9.37. The second kappa shape index (κ2) is 12.9. The lowest BCUT2D eigenvalue weighted by Gasteiger charge is -2.32. The highest BCUT2D eigenvalue weighted by Gasteiger charge is 2.15. The fourth-order valence-corrected chi connectivity index (χ4v) is 4.86. The molecule has 1 aliphatic rings. The summed E-state index contributed by atoms with van der Waals surface area (Å²) in [5, 5.41) is 7.74. The average molecular weight is 536 g/mol.